The van der Waals surface area contributed by atoms with E-state index < -0.39 is 0 Å². The van der Waals surface area contributed by atoms with Crippen LogP contribution in [0.4, 0.5) is 5.69 Å². The fraction of sp³-hybridized carbons (Fsp3) is 0.211. The lowest BCUT2D eigenvalue weighted by Crippen LogP contribution is -2.36. The Bertz CT molecular complexity index is 831. The number of hydrogen-bond donors (Lipinski definition) is 1. The van der Waals surface area contributed by atoms with Crippen LogP contribution in [-0.2, 0) is 6.54 Å². The number of thiocarbonyl (C=S) groups is 1. The van der Waals surface area contributed by atoms with Gasteiger partial charge in [-0.1, -0.05) is 17.7 Å². The Morgan fingerprint density at radius 2 is 1.96 bits per heavy atom. The summed E-state index contributed by atoms with van der Waals surface area (Å²) in [6.45, 7) is 4.55. The van der Waals surface area contributed by atoms with Crippen molar-refractivity contribution in [2.24, 2.45) is 0 Å². The van der Waals surface area contributed by atoms with Gasteiger partial charge < -0.3 is 19.1 Å². The summed E-state index contributed by atoms with van der Waals surface area (Å²) in [7, 11) is 0. The molecule has 0 amide bonds. The first kappa shape index (κ1) is 17.6. The molecule has 0 aliphatic carbocycles. The molecule has 0 bridgehead atoms. The van der Waals surface area contributed by atoms with Crippen LogP contribution in [0.3, 0.4) is 0 Å². The molecule has 0 saturated carbocycles. The molecule has 1 aromatic carbocycles. The van der Waals surface area contributed by atoms with Crippen LogP contribution in [0.15, 0.2) is 63.8 Å². The van der Waals surface area contributed by atoms with Crippen molar-refractivity contribution in [2.45, 2.75) is 26.4 Å². The molecule has 1 atom stereocenters. The molecule has 6 heteroatoms. The van der Waals surface area contributed by atoms with E-state index in [1.807, 2.05) is 61.2 Å². The van der Waals surface area contributed by atoms with E-state index in [0.29, 0.717) is 16.7 Å². The van der Waals surface area contributed by atoms with Crippen LogP contribution in [0.25, 0.3) is 0 Å². The number of halogens is 1. The van der Waals surface area contributed by atoms with Gasteiger partial charge in [-0.05, 0) is 68.0 Å². The third-order valence-corrected chi connectivity index (χ3v) is 4.61. The van der Waals surface area contributed by atoms with Crippen LogP contribution in [0.1, 0.15) is 30.0 Å². The third kappa shape index (κ3) is 4.24. The Labute approximate surface area is 157 Å². The maximum absolute atomic E-state index is 6.32. The van der Waals surface area contributed by atoms with E-state index in [9.17, 15) is 0 Å². The van der Waals surface area contributed by atoms with Crippen molar-refractivity contribution in [1.82, 2.24) is 4.90 Å². The molecule has 1 unspecified atom stereocenters. The minimum absolute atomic E-state index is 0.0654. The van der Waals surface area contributed by atoms with Gasteiger partial charge in [0.15, 0.2) is 5.11 Å². The van der Waals surface area contributed by atoms with Crippen molar-refractivity contribution in [3.8, 4) is 0 Å². The Morgan fingerprint density at radius 3 is 2.60 bits per heavy atom. The van der Waals surface area contributed by atoms with Crippen molar-refractivity contribution in [2.75, 3.05) is 5.32 Å². The van der Waals surface area contributed by atoms with Crippen LogP contribution in [0.2, 0.25) is 5.02 Å². The van der Waals surface area contributed by atoms with Gasteiger partial charge in [0.25, 0.3) is 0 Å². The average molecular weight is 375 g/mol. The predicted octanol–water partition coefficient (Wildman–Crippen LogP) is 5.79. The monoisotopic (exact) mass is 374 g/mol. The van der Waals surface area contributed by atoms with Crippen molar-refractivity contribution in [3.05, 3.63) is 77.1 Å². The lowest BCUT2D eigenvalue weighted by Gasteiger charge is -2.30. The predicted molar refractivity (Wildman–Crippen MR) is 104 cm³/mol. The molecule has 2 aromatic heterocycles. The third-order valence-electron chi connectivity index (χ3n) is 3.96. The summed E-state index contributed by atoms with van der Waals surface area (Å²) in [5.41, 5.74) is 1.87. The van der Waals surface area contributed by atoms with Crippen molar-refractivity contribution in [1.29, 1.82) is 0 Å². The zero-order valence-electron chi connectivity index (χ0n) is 14.0. The SMILES string of the molecule is Cc1ccc(NC(=S)N(Cc2ccco2)C(C)c2ccco2)c(Cl)c1. The fourth-order valence-corrected chi connectivity index (χ4v) is 3.16. The first-order chi connectivity index (χ1) is 12.0. The molecule has 3 rings (SSSR count). The number of benzene rings is 1. The largest absolute Gasteiger partial charge is 0.467 e. The molecule has 0 spiro atoms. The van der Waals surface area contributed by atoms with Gasteiger partial charge in [-0.25, -0.2) is 0 Å². The lowest BCUT2D eigenvalue weighted by atomic mass is 10.2. The van der Waals surface area contributed by atoms with E-state index in [1.165, 1.54) is 0 Å². The molecule has 130 valence electrons. The normalized spacial score (nSPS) is 12.0. The smallest absolute Gasteiger partial charge is 0.174 e. The molecule has 25 heavy (non-hydrogen) atoms. The number of rotatable bonds is 5. The number of hydrogen-bond acceptors (Lipinski definition) is 3. The summed E-state index contributed by atoms with van der Waals surface area (Å²) in [6, 6.07) is 13.3. The van der Waals surface area contributed by atoms with Gasteiger partial charge in [-0.15, -0.1) is 0 Å². The molecular weight excluding hydrogens is 356 g/mol. The molecule has 0 aliphatic heterocycles. The van der Waals surface area contributed by atoms with Crippen molar-refractivity contribution >= 4 is 34.6 Å². The van der Waals surface area contributed by atoms with Crippen LogP contribution in [-0.4, -0.2) is 10.0 Å². The highest BCUT2D eigenvalue weighted by Gasteiger charge is 2.22. The summed E-state index contributed by atoms with van der Waals surface area (Å²) >= 11 is 12.0. The highest BCUT2D eigenvalue weighted by molar-refractivity contribution is 7.80. The minimum Gasteiger partial charge on any atom is -0.467 e. The molecule has 0 aliphatic rings. The zero-order valence-corrected chi connectivity index (χ0v) is 15.6. The highest BCUT2D eigenvalue weighted by Crippen LogP contribution is 2.27. The molecule has 0 fully saturated rings. The quantitative estimate of drug-likeness (QED) is 0.572. The van der Waals surface area contributed by atoms with E-state index >= 15 is 0 Å². The zero-order chi connectivity index (χ0) is 17.8. The second-order valence-electron chi connectivity index (χ2n) is 5.81. The van der Waals surface area contributed by atoms with E-state index in [4.69, 9.17) is 32.7 Å². The summed E-state index contributed by atoms with van der Waals surface area (Å²) in [6.07, 6.45) is 3.31. The maximum atomic E-state index is 6.32. The number of nitrogens with zero attached hydrogens (tertiary/aromatic N) is 1. The lowest BCUT2D eigenvalue weighted by molar-refractivity contribution is 0.269. The Kier molecular flexibility index (Phi) is 5.46. The maximum Gasteiger partial charge on any atom is 0.174 e. The van der Waals surface area contributed by atoms with Crippen LogP contribution < -0.4 is 5.32 Å². The Hall–Kier alpha value is -2.24. The fourth-order valence-electron chi connectivity index (χ4n) is 2.55. The van der Waals surface area contributed by atoms with Crippen LogP contribution in [0.5, 0.6) is 0 Å². The van der Waals surface area contributed by atoms with E-state index in [1.54, 1.807) is 12.5 Å². The van der Waals surface area contributed by atoms with Gasteiger partial charge in [0.05, 0.1) is 35.8 Å². The molecular formula is C19H19ClN2O2S. The van der Waals surface area contributed by atoms with E-state index in [2.05, 4.69) is 5.32 Å². The molecule has 0 saturated heterocycles. The molecule has 1 N–H and O–H groups in total. The van der Waals surface area contributed by atoms with Crippen molar-refractivity contribution in [3.63, 3.8) is 0 Å². The number of nitrogens with one attached hydrogen (secondary N) is 1. The van der Waals surface area contributed by atoms with Gasteiger partial charge in [-0.3, -0.25) is 0 Å². The summed E-state index contributed by atoms with van der Waals surface area (Å²) < 4.78 is 11.0. The van der Waals surface area contributed by atoms with Gasteiger partial charge in [-0.2, -0.15) is 0 Å². The first-order valence-corrected chi connectivity index (χ1v) is 8.73. The average Bonchev–Trinajstić information content (AvgIpc) is 3.28. The van der Waals surface area contributed by atoms with Crippen molar-refractivity contribution < 1.29 is 8.83 Å². The van der Waals surface area contributed by atoms with E-state index in [0.717, 1.165) is 22.8 Å². The molecule has 2 heterocycles. The summed E-state index contributed by atoms with van der Waals surface area (Å²) in [5.74, 6) is 1.64. The summed E-state index contributed by atoms with van der Waals surface area (Å²) in [4.78, 5) is 2.00. The first-order valence-electron chi connectivity index (χ1n) is 7.94. The van der Waals surface area contributed by atoms with Crippen LogP contribution in [0, 0.1) is 6.92 Å². The molecule has 3 aromatic rings. The topological polar surface area (TPSA) is 41.5 Å². The van der Waals surface area contributed by atoms with Crippen LogP contribution >= 0.6 is 23.8 Å². The number of aryl methyl sites for hydroxylation is 1. The summed E-state index contributed by atoms with van der Waals surface area (Å²) in [5, 5.41) is 4.41. The second kappa shape index (κ2) is 7.76. The van der Waals surface area contributed by atoms with E-state index in [-0.39, 0.29) is 6.04 Å². The minimum atomic E-state index is -0.0654. The number of furan rings is 2. The standard InChI is InChI=1S/C19H19ClN2O2S/c1-13-7-8-17(16(20)11-13)21-19(25)22(12-15-5-3-9-23-15)14(2)18-6-4-10-24-18/h3-11,14H,12H2,1-2H3,(H,21,25). The highest BCUT2D eigenvalue weighted by atomic mass is 35.5. The van der Waals surface area contributed by atoms with Gasteiger partial charge in [0, 0.05) is 0 Å². The molecule has 4 nitrogen and oxygen atoms in total. The number of anilines is 1. The van der Waals surface area contributed by atoms with Gasteiger partial charge in [0.1, 0.15) is 11.5 Å². The Morgan fingerprint density at radius 1 is 1.20 bits per heavy atom. The van der Waals surface area contributed by atoms with Gasteiger partial charge >= 0.3 is 0 Å². The second-order valence-corrected chi connectivity index (χ2v) is 6.61. The van der Waals surface area contributed by atoms with Gasteiger partial charge in [0.2, 0.25) is 0 Å². The molecule has 0 radical (unpaired) electrons. The Balaban J connectivity index is 1.83.